The van der Waals surface area contributed by atoms with Gasteiger partial charge in [0.15, 0.2) is 0 Å². The summed E-state index contributed by atoms with van der Waals surface area (Å²) in [5.41, 5.74) is 4.38. The minimum absolute atomic E-state index is 0.0614. The summed E-state index contributed by atoms with van der Waals surface area (Å²) in [5, 5.41) is 10.6. The van der Waals surface area contributed by atoms with Crippen LogP contribution in [0.1, 0.15) is 72.1 Å². The Hall–Kier alpha value is -1.24. The Morgan fingerprint density at radius 2 is 1.32 bits per heavy atom. The number of benzene rings is 1. The van der Waals surface area contributed by atoms with Gasteiger partial charge in [0.25, 0.3) is 0 Å². The molecule has 0 saturated heterocycles. The standard InChI is InChI=1S/C18H28O/c1-9-12(2)13-10-14(17(3,4)5)16(19)15(11-13)18(6,7)8/h9-11,19H,1-8H3/b12-9-. The quantitative estimate of drug-likeness (QED) is 0.715. The highest BCUT2D eigenvalue weighted by atomic mass is 16.3. The smallest absolute Gasteiger partial charge is 0.123 e. The maximum atomic E-state index is 10.6. The molecule has 0 unspecified atom stereocenters. The molecule has 0 amide bonds. The van der Waals surface area contributed by atoms with Crippen molar-refractivity contribution in [2.45, 2.75) is 66.2 Å². The van der Waals surface area contributed by atoms with Crippen LogP contribution < -0.4 is 0 Å². The summed E-state index contributed by atoms with van der Waals surface area (Å²) in [6.07, 6.45) is 2.12. The molecular formula is C18H28O. The Labute approximate surface area is 118 Å². The lowest BCUT2D eigenvalue weighted by Crippen LogP contribution is -2.17. The highest BCUT2D eigenvalue weighted by Crippen LogP contribution is 2.40. The molecule has 1 nitrogen and oxygen atoms in total. The SMILES string of the molecule is C/C=C(/C)c1cc(C(C)(C)C)c(O)c(C(C)(C)C)c1. The molecule has 0 fully saturated rings. The lowest BCUT2D eigenvalue weighted by atomic mass is 9.78. The lowest BCUT2D eigenvalue weighted by molar-refractivity contribution is 0.423. The van der Waals surface area contributed by atoms with Crippen molar-refractivity contribution in [1.82, 2.24) is 0 Å². The monoisotopic (exact) mass is 260 g/mol. The van der Waals surface area contributed by atoms with Gasteiger partial charge >= 0.3 is 0 Å². The van der Waals surface area contributed by atoms with Crippen LogP contribution >= 0.6 is 0 Å². The fourth-order valence-corrected chi connectivity index (χ4v) is 2.17. The summed E-state index contributed by atoms with van der Waals surface area (Å²) in [7, 11) is 0. The van der Waals surface area contributed by atoms with Gasteiger partial charge in [0.1, 0.15) is 5.75 Å². The Morgan fingerprint density at radius 3 is 1.58 bits per heavy atom. The third-order valence-electron chi connectivity index (χ3n) is 3.61. The van der Waals surface area contributed by atoms with E-state index >= 15 is 0 Å². The molecule has 0 aliphatic carbocycles. The van der Waals surface area contributed by atoms with Gasteiger partial charge in [-0.2, -0.15) is 0 Å². The summed E-state index contributed by atoms with van der Waals surface area (Å²) >= 11 is 0. The van der Waals surface area contributed by atoms with E-state index in [-0.39, 0.29) is 10.8 Å². The number of hydrogen-bond acceptors (Lipinski definition) is 1. The van der Waals surface area contributed by atoms with E-state index in [2.05, 4.69) is 73.6 Å². The number of allylic oxidation sites excluding steroid dienone is 2. The molecule has 0 aromatic heterocycles. The molecule has 1 rings (SSSR count). The molecule has 0 aliphatic rings. The van der Waals surface area contributed by atoms with Crippen molar-refractivity contribution in [3.05, 3.63) is 34.9 Å². The summed E-state index contributed by atoms with van der Waals surface area (Å²) in [5.74, 6) is 0.452. The molecule has 19 heavy (non-hydrogen) atoms. The van der Waals surface area contributed by atoms with Gasteiger partial charge in [-0.25, -0.2) is 0 Å². The van der Waals surface area contributed by atoms with Crippen LogP contribution in [0.15, 0.2) is 18.2 Å². The van der Waals surface area contributed by atoms with Crippen molar-refractivity contribution in [2.75, 3.05) is 0 Å². The average molecular weight is 260 g/mol. The van der Waals surface area contributed by atoms with E-state index in [1.165, 1.54) is 11.1 Å². The third-order valence-corrected chi connectivity index (χ3v) is 3.61. The van der Waals surface area contributed by atoms with E-state index in [1.807, 2.05) is 0 Å². The molecule has 0 heterocycles. The molecule has 0 atom stereocenters. The largest absolute Gasteiger partial charge is 0.507 e. The van der Waals surface area contributed by atoms with Gasteiger partial charge in [0, 0.05) is 11.1 Å². The highest BCUT2D eigenvalue weighted by molar-refractivity contribution is 5.67. The zero-order chi connectivity index (χ0) is 15.0. The second kappa shape index (κ2) is 5.03. The summed E-state index contributed by atoms with van der Waals surface area (Å²) in [6.45, 7) is 17.0. The van der Waals surface area contributed by atoms with E-state index in [0.29, 0.717) is 5.75 Å². The molecule has 1 aromatic rings. The zero-order valence-corrected chi connectivity index (χ0v) is 13.7. The molecule has 1 heteroatoms. The van der Waals surface area contributed by atoms with Gasteiger partial charge in [-0.3, -0.25) is 0 Å². The minimum Gasteiger partial charge on any atom is -0.507 e. The Morgan fingerprint density at radius 1 is 0.947 bits per heavy atom. The first kappa shape index (κ1) is 15.8. The van der Waals surface area contributed by atoms with Crippen molar-refractivity contribution < 1.29 is 5.11 Å². The summed E-state index contributed by atoms with van der Waals surface area (Å²) in [4.78, 5) is 0. The van der Waals surface area contributed by atoms with Gasteiger partial charge < -0.3 is 5.11 Å². The predicted molar refractivity (Wildman–Crippen MR) is 84.8 cm³/mol. The van der Waals surface area contributed by atoms with Crippen molar-refractivity contribution in [2.24, 2.45) is 0 Å². The van der Waals surface area contributed by atoms with Crippen molar-refractivity contribution in [3.8, 4) is 5.75 Å². The van der Waals surface area contributed by atoms with Crippen LogP contribution in [-0.2, 0) is 10.8 Å². The summed E-state index contributed by atoms with van der Waals surface area (Å²) < 4.78 is 0. The van der Waals surface area contributed by atoms with E-state index < -0.39 is 0 Å². The van der Waals surface area contributed by atoms with Crippen LogP contribution in [0, 0.1) is 0 Å². The number of hydrogen-bond donors (Lipinski definition) is 1. The maximum Gasteiger partial charge on any atom is 0.123 e. The molecule has 0 spiro atoms. The van der Waals surface area contributed by atoms with Gasteiger partial charge in [-0.05, 0) is 47.9 Å². The van der Waals surface area contributed by atoms with Gasteiger partial charge in [0.05, 0.1) is 0 Å². The number of phenolic OH excluding ortho intramolecular Hbond substituents is 1. The fourth-order valence-electron chi connectivity index (χ4n) is 2.17. The topological polar surface area (TPSA) is 20.2 Å². The van der Waals surface area contributed by atoms with Crippen LogP contribution in [0.2, 0.25) is 0 Å². The Balaban J connectivity index is 3.67. The first-order valence-corrected chi connectivity index (χ1v) is 6.99. The second-order valence-electron chi connectivity index (χ2n) is 7.39. The molecule has 1 N–H and O–H groups in total. The predicted octanol–water partition coefficient (Wildman–Crippen LogP) is 5.41. The number of aromatic hydroxyl groups is 1. The first-order chi connectivity index (χ1) is 8.48. The zero-order valence-electron chi connectivity index (χ0n) is 13.7. The average Bonchev–Trinajstić information content (AvgIpc) is 2.25. The third kappa shape index (κ3) is 3.40. The van der Waals surface area contributed by atoms with Crippen LogP contribution in [0.3, 0.4) is 0 Å². The van der Waals surface area contributed by atoms with Crippen LogP contribution in [0.5, 0.6) is 5.75 Å². The van der Waals surface area contributed by atoms with Crippen LogP contribution in [0.25, 0.3) is 5.57 Å². The van der Waals surface area contributed by atoms with E-state index in [4.69, 9.17) is 0 Å². The van der Waals surface area contributed by atoms with Crippen LogP contribution in [-0.4, -0.2) is 5.11 Å². The lowest BCUT2D eigenvalue weighted by Gasteiger charge is -2.28. The molecule has 0 saturated carbocycles. The number of phenols is 1. The van der Waals surface area contributed by atoms with Crippen LogP contribution in [0.4, 0.5) is 0 Å². The molecule has 1 aromatic carbocycles. The molecule has 106 valence electrons. The molecule has 0 radical (unpaired) electrons. The molecule has 0 aliphatic heterocycles. The normalized spacial score (nSPS) is 13.8. The van der Waals surface area contributed by atoms with E-state index in [1.54, 1.807) is 0 Å². The van der Waals surface area contributed by atoms with Gasteiger partial charge in [0.2, 0.25) is 0 Å². The maximum absolute atomic E-state index is 10.6. The Bertz CT molecular complexity index is 458. The minimum atomic E-state index is -0.0614. The number of rotatable bonds is 1. The van der Waals surface area contributed by atoms with E-state index in [9.17, 15) is 5.11 Å². The first-order valence-electron chi connectivity index (χ1n) is 6.99. The summed E-state index contributed by atoms with van der Waals surface area (Å²) in [6, 6.07) is 4.25. The van der Waals surface area contributed by atoms with E-state index in [0.717, 1.165) is 11.1 Å². The molecule has 0 bridgehead atoms. The second-order valence-corrected chi connectivity index (χ2v) is 7.39. The highest BCUT2D eigenvalue weighted by Gasteiger charge is 2.26. The van der Waals surface area contributed by atoms with Crippen molar-refractivity contribution in [1.29, 1.82) is 0 Å². The Kier molecular flexibility index (Phi) is 4.19. The fraction of sp³-hybridized carbons (Fsp3) is 0.556. The molecular weight excluding hydrogens is 232 g/mol. The van der Waals surface area contributed by atoms with Crippen molar-refractivity contribution in [3.63, 3.8) is 0 Å². The van der Waals surface area contributed by atoms with Gasteiger partial charge in [-0.1, -0.05) is 47.6 Å². The van der Waals surface area contributed by atoms with Gasteiger partial charge in [-0.15, -0.1) is 0 Å². The van der Waals surface area contributed by atoms with Crippen molar-refractivity contribution >= 4 is 5.57 Å².